The number of amides is 1. The summed E-state index contributed by atoms with van der Waals surface area (Å²) in [6.07, 6.45) is 46.1. The van der Waals surface area contributed by atoms with Crippen LogP contribution in [0.3, 0.4) is 0 Å². The summed E-state index contributed by atoms with van der Waals surface area (Å²) in [5, 5.41) is 121. The predicted molar refractivity (Wildman–Crippen MR) is 388 cm³/mol. The minimum absolute atomic E-state index is 0.241. The largest absolute Gasteiger partial charge is 0.394 e. The molecule has 3 fully saturated rings. The molecule has 19 nitrogen and oxygen atoms in total. The molecule has 0 aromatic rings. The summed E-state index contributed by atoms with van der Waals surface area (Å²) in [6, 6.07) is -0.988. The van der Waals surface area contributed by atoms with Crippen LogP contribution in [0.4, 0.5) is 0 Å². The summed E-state index contributed by atoms with van der Waals surface area (Å²) in [6.45, 7) is 1.78. The van der Waals surface area contributed by atoms with E-state index >= 15 is 0 Å². The average Bonchev–Trinajstić information content (AvgIpc) is 0.785. The highest BCUT2D eigenvalue weighted by Gasteiger charge is 2.54. The highest BCUT2D eigenvalue weighted by molar-refractivity contribution is 5.76. The molecule has 98 heavy (non-hydrogen) atoms. The number of aliphatic hydroxyl groups is 11. The number of ether oxygens (including phenoxy) is 6. The van der Waals surface area contributed by atoms with Gasteiger partial charge in [-0.2, -0.15) is 0 Å². The van der Waals surface area contributed by atoms with Crippen LogP contribution < -0.4 is 5.32 Å². The maximum atomic E-state index is 13.5. The highest BCUT2D eigenvalue weighted by atomic mass is 16.8. The Morgan fingerprint density at radius 3 is 1.02 bits per heavy atom. The van der Waals surface area contributed by atoms with Gasteiger partial charge in [0.2, 0.25) is 5.91 Å². The molecule has 0 radical (unpaired) electrons. The summed E-state index contributed by atoms with van der Waals surface area (Å²) in [7, 11) is 0. The van der Waals surface area contributed by atoms with Gasteiger partial charge in [0, 0.05) is 6.42 Å². The summed E-state index contributed by atoms with van der Waals surface area (Å²) in [5.74, 6) is -0.278. The van der Waals surface area contributed by atoms with Crippen LogP contribution in [0, 0.1) is 0 Å². The van der Waals surface area contributed by atoms with Crippen LogP contribution in [0.2, 0.25) is 0 Å². The number of aliphatic hydroxyl groups excluding tert-OH is 11. The molecule has 3 rings (SSSR count). The van der Waals surface area contributed by atoms with Gasteiger partial charge in [-0.05, 0) is 32.1 Å². The molecule has 0 spiro atoms. The Labute approximate surface area is 594 Å². The van der Waals surface area contributed by atoms with Crippen molar-refractivity contribution in [3.8, 4) is 0 Å². The average molecular weight is 1400 g/mol. The number of carbonyl (C=O) groups excluding carboxylic acids is 1. The van der Waals surface area contributed by atoms with Crippen LogP contribution in [-0.2, 0) is 33.2 Å². The number of hydrogen-bond acceptors (Lipinski definition) is 18. The second kappa shape index (κ2) is 60.5. The number of unbranched alkanes of at least 4 members (excludes halogenated alkanes) is 47. The molecule has 0 saturated carbocycles. The fourth-order valence-corrected chi connectivity index (χ4v) is 14.0. The van der Waals surface area contributed by atoms with E-state index in [2.05, 4.69) is 31.3 Å². The quantitative estimate of drug-likeness (QED) is 0.0199. The molecule has 578 valence electrons. The van der Waals surface area contributed by atoms with Crippen LogP contribution in [-0.4, -0.2) is 193 Å². The molecule has 0 aromatic carbocycles. The van der Waals surface area contributed by atoms with Crippen LogP contribution in [0.1, 0.15) is 341 Å². The Balaban J connectivity index is 1.38. The molecule has 0 aromatic heterocycles. The van der Waals surface area contributed by atoms with Crippen molar-refractivity contribution in [1.82, 2.24) is 5.32 Å². The van der Waals surface area contributed by atoms with E-state index in [0.29, 0.717) is 12.8 Å². The first-order valence-corrected chi connectivity index (χ1v) is 40.6. The van der Waals surface area contributed by atoms with Gasteiger partial charge in [0.1, 0.15) is 73.2 Å². The van der Waals surface area contributed by atoms with Crippen LogP contribution in [0.15, 0.2) is 24.3 Å². The number of rotatable bonds is 65. The smallest absolute Gasteiger partial charge is 0.220 e. The minimum Gasteiger partial charge on any atom is -0.394 e. The molecule has 17 atom stereocenters. The molecule has 19 heteroatoms. The Kier molecular flexibility index (Phi) is 55.9. The Morgan fingerprint density at radius 1 is 0.357 bits per heavy atom. The van der Waals surface area contributed by atoms with Gasteiger partial charge in [0.05, 0.1) is 38.6 Å². The summed E-state index contributed by atoms with van der Waals surface area (Å²) in [5.41, 5.74) is 0. The monoisotopic (exact) mass is 1400 g/mol. The molecule has 0 aliphatic carbocycles. The number of allylic oxidation sites excluding steroid dienone is 3. The molecule has 17 unspecified atom stereocenters. The molecule has 12 N–H and O–H groups in total. The van der Waals surface area contributed by atoms with Crippen LogP contribution >= 0.6 is 0 Å². The van der Waals surface area contributed by atoms with Crippen LogP contribution in [0.5, 0.6) is 0 Å². The van der Waals surface area contributed by atoms with E-state index in [1.54, 1.807) is 6.08 Å². The summed E-state index contributed by atoms with van der Waals surface area (Å²) < 4.78 is 34.4. The van der Waals surface area contributed by atoms with Crippen LogP contribution in [0.25, 0.3) is 0 Å². The summed E-state index contributed by atoms with van der Waals surface area (Å²) >= 11 is 0. The lowest BCUT2D eigenvalue weighted by Gasteiger charge is -2.48. The first-order valence-electron chi connectivity index (χ1n) is 40.6. The Hall–Kier alpha value is -1.73. The lowest BCUT2D eigenvalue weighted by Crippen LogP contribution is -2.66. The third kappa shape index (κ3) is 40.5. The van der Waals surface area contributed by atoms with E-state index in [1.165, 1.54) is 270 Å². The molecule has 0 bridgehead atoms. The lowest BCUT2D eigenvalue weighted by molar-refractivity contribution is -0.379. The molecule has 3 heterocycles. The van der Waals surface area contributed by atoms with Gasteiger partial charge in [0.25, 0.3) is 0 Å². The van der Waals surface area contributed by atoms with Crippen molar-refractivity contribution in [2.75, 3.05) is 26.4 Å². The highest BCUT2D eigenvalue weighted by Crippen LogP contribution is 2.33. The second-order valence-corrected chi connectivity index (χ2v) is 29.2. The van der Waals surface area contributed by atoms with E-state index < -0.39 is 124 Å². The topological polar surface area (TPSA) is 307 Å². The van der Waals surface area contributed by atoms with Crippen molar-refractivity contribution in [2.24, 2.45) is 0 Å². The number of nitrogens with one attached hydrogen (secondary N) is 1. The van der Waals surface area contributed by atoms with Crippen molar-refractivity contribution in [2.45, 2.75) is 446 Å². The fourth-order valence-electron chi connectivity index (χ4n) is 14.0. The number of hydrogen-bond donors (Lipinski definition) is 12. The van der Waals surface area contributed by atoms with E-state index in [1.807, 2.05) is 6.08 Å². The first kappa shape index (κ1) is 90.5. The van der Waals surface area contributed by atoms with E-state index in [-0.39, 0.29) is 18.9 Å². The Bertz CT molecular complexity index is 1870. The molecule has 3 saturated heterocycles. The standard InChI is InChI=1S/C79H149NO18/c1-3-5-7-9-11-13-15-17-19-21-23-25-27-28-29-30-31-32-33-34-35-36-38-40-42-44-46-48-50-52-54-56-63(84)62(80-67(85)57-55-53-51-49-47-45-43-41-39-37-26-24-22-20-18-16-14-12-10-8-6-4-2)61-93-77-73(91)70(88)75(65(59-82)95-77)98-79-74(92)71(89)76(66(60-83)96-79)97-78-72(90)69(87)68(86)64(58-81)94-78/h46,48,54,56,62-66,68-79,81-84,86-92H,3-45,47,49-53,55,57-61H2,1-2H3,(H,80,85)/b48-46+,56-54+. The van der Waals surface area contributed by atoms with Gasteiger partial charge < -0.3 is 89.9 Å². The van der Waals surface area contributed by atoms with Gasteiger partial charge in [-0.15, -0.1) is 0 Å². The summed E-state index contributed by atoms with van der Waals surface area (Å²) in [4.78, 5) is 13.5. The zero-order valence-electron chi connectivity index (χ0n) is 61.8. The third-order valence-electron chi connectivity index (χ3n) is 20.5. The molecular formula is C79H149NO18. The first-order chi connectivity index (χ1) is 47.8. The maximum Gasteiger partial charge on any atom is 0.220 e. The number of carbonyl (C=O) groups is 1. The molecular weight excluding hydrogens is 1250 g/mol. The maximum absolute atomic E-state index is 13.5. The molecule has 3 aliphatic rings. The third-order valence-corrected chi connectivity index (χ3v) is 20.5. The van der Waals surface area contributed by atoms with E-state index in [9.17, 15) is 61.0 Å². The second-order valence-electron chi connectivity index (χ2n) is 29.2. The van der Waals surface area contributed by atoms with Crippen molar-refractivity contribution in [3.63, 3.8) is 0 Å². The van der Waals surface area contributed by atoms with Gasteiger partial charge in [0.15, 0.2) is 18.9 Å². The van der Waals surface area contributed by atoms with E-state index in [4.69, 9.17) is 28.4 Å². The fraction of sp³-hybridized carbons (Fsp3) is 0.937. The van der Waals surface area contributed by atoms with Crippen molar-refractivity contribution in [3.05, 3.63) is 24.3 Å². The van der Waals surface area contributed by atoms with Gasteiger partial charge in [-0.3, -0.25) is 4.79 Å². The molecule has 1 amide bonds. The normalized spacial score (nSPS) is 26.8. The van der Waals surface area contributed by atoms with Gasteiger partial charge >= 0.3 is 0 Å². The SMILES string of the molecule is CCCCCCCCCCCCCCCCCCCCCCCCCCC/C=C/CC/C=C/C(O)C(COC1OC(CO)C(OC2OC(CO)C(OC3OC(CO)C(O)C(O)C3O)C(O)C2O)C(O)C1O)NC(=O)CCCCCCCCCCCCCCCCCCCCCCCC. The van der Waals surface area contributed by atoms with Gasteiger partial charge in [-0.1, -0.05) is 327 Å². The van der Waals surface area contributed by atoms with Gasteiger partial charge in [-0.25, -0.2) is 0 Å². The zero-order chi connectivity index (χ0) is 71.1. The van der Waals surface area contributed by atoms with Crippen molar-refractivity contribution < 1.29 is 89.4 Å². The zero-order valence-corrected chi connectivity index (χ0v) is 61.8. The van der Waals surface area contributed by atoms with E-state index in [0.717, 1.165) is 38.5 Å². The predicted octanol–water partition coefficient (Wildman–Crippen LogP) is 13.3. The Morgan fingerprint density at radius 2 is 0.653 bits per heavy atom. The molecule has 3 aliphatic heterocycles. The minimum atomic E-state index is -1.98. The van der Waals surface area contributed by atoms with Crippen molar-refractivity contribution >= 4 is 5.91 Å². The van der Waals surface area contributed by atoms with Crippen molar-refractivity contribution in [1.29, 1.82) is 0 Å². The lowest BCUT2D eigenvalue weighted by atomic mass is 9.96.